The molecule has 0 aliphatic rings. The second kappa shape index (κ2) is 7.75. The number of esters is 2. The Hall–Kier alpha value is -2.95. The number of methoxy groups -OCH3 is 1. The van der Waals surface area contributed by atoms with Gasteiger partial charge in [-0.25, -0.2) is 9.59 Å². The zero-order chi connectivity index (χ0) is 18.6. The van der Waals surface area contributed by atoms with Crippen molar-refractivity contribution in [3.63, 3.8) is 0 Å². The lowest BCUT2D eigenvalue weighted by molar-refractivity contribution is 0.0473. The lowest BCUT2D eigenvalue weighted by atomic mass is 9.97. The van der Waals surface area contributed by atoms with E-state index < -0.39 is 11.9 Å². The van der Waals surface area contributed by atoms with Gasteiger partial charge >= 0.3 is 11.9 Å². The third kappa shape index (κ3) is 4.32. The van der Waals surface area contributed by atoms with Gasteiger partial charge in [-0.1, -0.05) is 17.7 Å². The van der Waals surface area contributed by atoms with Gasteiger partial charge in [-0.05, 0) is 56.2 Å². The van der Waals surface area contributed by atoms with Crippen LogP contribution in [0.25, 0.3) is 0 Å². The van der Waals surface area contributed by atoms with Crippen LogP contribution in [0, 0.1) is 20.8 Å². The maximum atomic E-state index is 12.4. The van der Waals surface area contributed by atoms with E-state index in [1.807, 2.05) is 32.9 Å². The first kappa shape index (κ1) is 18.4. The molecule has 0 heterocycles. The summed E-state index contributed by atoms with van der Waals surface area (Å²) in [6, 6.07) is 9.71. The largest absolute Gasteiger partial charge is 0.465 e. The van der Waals surface area contributed by atoms with Crippen molar-refractivity contribution in [3.8, 4) is 0 Å². The molecule has 0 N–H and O–H groups in total. The molecule has 130 valence electrons. The van der Waals surface area contributed by atoms with E-state index >= 15 is 0 Å². The van der Waals surface area contributed by atoms with E-state index in [2.05, 4.69) is 4.74 Å². The van der Waals surface area contributed by atoms with Gasteiger partial charge in [0.2, 0.25) is 5.78 Å². The van der Waals surface area contributed by atoms with Gasteiger partial charge in [-0.3, -0.25) is 4.79 Å². The first-order valence-electron chi connectivity index (χ1n) is 7.80. The van der Waals surface area contributed by atoms with Crippen LogP contribution in [-0.4, -0.2) is 31.4 Å². The van der Waals surface area contributed by atoms with E-state index in [1.54, 1.807) is 0 Å². The lowest BCUT2D eigenvalue weighted by Crippen LogP contribution is -2.16. The molecule has 0 fully saturated rings. The topological polar surface area (TPSA) is 69.7 Å². The normalized spacial score (nSPS) is 10.2. The van der Waals surface area contributed by atoms with Crippen LogP contribution >= 0.6 is 0 Å². The van der Waals surface area contributed by atoms with Crippen LogP contribution in [0.3, 0.4) is 0 Å². The van der Waals surface area contributed by atoms with Gasteiger partial charge in [0.15, 0.2) is 6.61 Å². The first-order valence-corrected chi connectivity index (χ1v) is 7.80. The number of carbonyl (C=O) groups is 3. The molecular weight excluding hydrogens is 320 g/mol. The fourth-order valence-electron chi connectivity index (χ4n) is 2.77. The third-order valence-corrected chi connectivity index (χ3v) is 3.83. The molecule has 0 bridgehead atoms. The minimum absolute atomic E-state index is 0.241. The Kier molecular flexibility index (Phi) is 5.70. The smallest absolute Gasteiger partial charge is 0.338 e. The van der Waals surface area contributed by atoms with Crippen molar-refractivity contribution < 1.29 is 23.9 Å². The van der Waals surface area contributed by atoms with E-state index in [0.29, 0.717) is 11.1 Å². The van der Waals surface area contributed by atoms with Gasteiger partial charge in [0.25, 0.3) is 0 Å². The molecule has 0 aromatic heterocycles. The number of hydrogen-bond donors (Lipinski definition) is 0. The summed E-state index contributed by atoms with van der Waals surface area (Å²) in [7, 11) is 1.28. The van der Waals surface area contributed by atoms with Gasteiger partial charge in [0, 0.05) is 5.56 Å². The third-order valence-electron chi connectivity index (χ3n) is 3.83. The molecule has 0 aliphatic heterocycles. The second-order valence-corrected chi connectivity index (χ2v) is 5.84. The van der Waals surface area contributed by atoms with Crippen LogP contribution in [0.4, 0.5) is 0 Å². The van der Waals surface area contributed by atoms with Crippen molar-refractivity contribution in [2.75, 3.05) is 13.7 Å². The summed E-state index contributed by atoms with van der Waals surface area (Å²) in [5.74, 6) is -1.35. The van der Waals surface area contributed by atoms with E-state index in [4.69, 9.17) is 4.74 Å². The molecule has 0 aliphatic carbocycles. The summed E-state index contributed by atoms with van der Waals surface area (Å²) >= 11 is 0. The molecule has 0 unspecified atom stereocenters. The molecule has 0 saturated heterocycles. The predicted molar refractivity (Wildman–Crippen MR) is 93.0 cm³/mol. The lowest BCUT2D eigenvalue weighted by Gasteiger charge is -2.11. The Morgan fingerprint density at radius 1 is 0.840 bits per heavy atom. The summed E-state index contributed by atoms with van der Waals surface area (Å²) in [6.07, 6.45) is 0. The van der Waals surface area contributed by atoms with Crippen LogP contribution in [0.2, 0.25) is 0 Å². The molecule has 5 nitrogen and oxygen atoms in total. The molecule has 0 radical (unpaired) electrons. The predicted octanol–water partition coefficient (Wildman–Crippen LogP) is 3.44. The zero-order valence-electron chi connectivity index (χ0n) is 14.7. The van der Waals surface area contributed by atoms with Gasteiger partial charge in [0.05, 0.1) is 18.2 Å². The maximum absolute atomic E-state index is 12.4. The monoisotopic (exact) mass is 340 g/mol. The van der Waals surface area contributed by atoms with Gasteiger partial charge in [-0.2, -0.15) is 0 Å². The van der Waals surface area contributed by atoms with Crippen LogP contribution < -0.4 is 0 Å². The van der Waals surface area contributed by atoms with E-state index in [1.165, 1.54) is 31.4 Å². The van der Waals surface area contributed by atoms with Crippen molar-refractivity contribution in [2.24, 2.45) is 0 Å². The molecule has 0 atom stereocenters. The quantitative estimate of drug-likeness (QED) is 0.616. The SMILES string of the molecule is COC(=O)c1ccc(C(=O)OCC(=O)c2c(C)cc(C)cc2C)cc1. The number of ketones is 1. The summed E-state index contributed by atoms with van der Waals surface area (Å²) < 4.78 is 9.70. The molecule has 2 aromatic carbocycles. The number of benzene rings is 2. The number of ether oxygens (including phenoxy) is 2. The Balaban J connectivity index is 2.05. The van der Waals surface area contributed by atoms with Gasteiger partial charge in [0.1, 0.15) is 0 Å². The zero-order valence-corrected chi connectivity index (χ0v) is 14.7. The highest BCUT2D eigenvalue weighted by molar-refractivity contribution is 6.01. The molecule has 0 spiro atoms. The summed E-state index contributed by atoms with van der Waals surface area (Å²) in [6.45, 7) is 5.36. The molecule has 0 amide bonds. The molecule has 5 heteroatoms. The van der Waals surface area contributed by atoms with Gasteiger partial charge < -0.3 is 9.47 Å². The Bertz CT molecular complexity index is 795. The fourth-order valence-corrected chi connectivity index (χ4v) is 2.77. The number of carbonyl (C=O) groups excluding carboxylic acids is 3. The summed E-state index contributed by atoms with van der Waals surface area (Å²) in [5.41, 5.74) is 3.98. The minimum Gasteiger partial charge on any atom is -0.465 e. The summed E-state index contributed by atoms with van der Waals surface area (Å²) in [5, 5.41) is 0. The number of hydrogen-bond acceptors (Lipinski definition) is 5. The average molecular weight is 340 g/mol. The van der Waals surface area contributed by atoms with Crippen LogP contribution in [0.1, 0.15) is 47.8 Å². The van der Waals surface area contributed by atoms with E-state index in [-0.39, 0.29) is 18.0 Å². The van der Waals surface area contributed by atoms with Crippen molar-refractivity contribution in [3.05, 3.63) is 69.8 Å². The maximum Gasteiger partial charge on any atom is 0.338 e. The average Bonchev–Trinajstić information content (AvgIpc) is 2.58. The van der Waals surface area contributed by atoms with Crippen molar-refractivity contribution in [1.29, 1.82) is 0 Å². The Labute approximate surface area is 146 Å². The highest BCUT2D eigenvalue weighted by Gasteiger charge is 2.16. The molecule has 25 heavy (non-hydrogen) atoms. The van der Waals surface area contributed by atoms with E-state index in [0.717, 1.165) is 16.7 Å². The summed E-state index contributed by atoms with van der Waals surface area (Å²) in [4.78, 5) is 35.8. The highest BCUT2D eigenvalue weighted by atomic mass is 16.5. The van der Waals surface area contributed by atoms with Crippen LogP contribution in [-0.2, 0) is 9.47 Å². The van der Waals surface area contributed by atoms with E-state index in [9.17, 15) is 14.4 Å². The first-order chi connectivity index (χ1) is 11.8. The number of rotatable bonds is 5. The van der Waals surface area contributed by atoms with Crippen molar-refractivity contribution in [2.45, 2.75) is 20.8 Å². The molecule has 2 rings (SSSR count). The Morgan fingerprint density at radius 3 is 1.80 bits per heavy atom. The standard InChI is InChI=1S/C20H20O5/c1-12-9-13(2)18(14(3)10-12)17(21)11-25-20(23)16-7-5-15(6-8-16)19(22)24-4/h5-10H,11H2,1-4H3. The number of Topliss-reactive ketones (excluding diaryl/α,β-unsaturated/α-hetero) is 1. The fraction of sp³-hybridized carbons (Fsp3) is 0.250. The van der Waals surface area contributed by atoms with Crippen molar-refractivity contribution >= 4 is 17.7 Å². The molecule has 2 aromatic rings. The Morgan fingerprint density at radius 2 is 1.32 bits per heavy atom. The van der Waals surface area contributed by atoms with Gasteiger partial charge in [-0.15, -0.1) is 0 Å². The van der Waals surface area contributed by atoms with Crippen molar-refractivity contribution in [1.82, 2.24) is 0 Å². The molecule has 0 saturated carbocycles. The second-order valence-electron chi connectivity index (χ2n) is 5.84. The number of aryl methyl sites for hydroxylation is 3. The highest BCUT2D eigenvalue weighted by Crippen LogP contribution is 2.17. The molecular formula is C20H20O5. The van der Waals surface area contributed by atoms with Crippen LogP contribution in [0.15, 0.2) is 36.4 Å². The minimum atomic E-state index is -0.618. The van der Waals surface area contributed by atoms with Crippen LogP contribution in [0.5, 0.6) is 0 Å².